The topological polar surface area (TPSA) is 0 Å². The molecule has 1 rings (SSSR count). The summed E-state index contributed by atoms with van der Waals surface area (Å²) < 4.78 is 0. The van der Waals surface area contributed by atoms with Gasteiger partial charge in [-0.1, -0.05) is 48.1 Å². The minimum absolute atomic E-state index is 1.24. The molecule has 13 heavy (non-hydrogen) atoms. The van der Waals surface area contributed by atoms with Crippen LogP contribution in [-0.4, -0.2) is 0 Å². The molecule has 0 N–H and O–H groups in total. The van der Waals surface area contributed by atoms with Crippen LogP contribution in [0.2, 0.25) is 0 Å². The van der Waals surface area contributed by atoms with E-state index in [-0.39, 0.29) is 0 Å². The van der Waals surface area contributed by atoms with Crippen molar-refractivity contribution in [3.05, 3.63) is 53.6 Å². The average Bonchev–Trinajstić information content (AvgIpc) is 2.04. The summed E-state index contributed by atoms with van der Waals surface area (Å²) in [6.45, 7) is 10.2. The first-order valence-corrected chi connectivity index (χ1v) is 4.52. The summed E-state index contributed by atoms with van der Waals surface area (Å²) in [7, 11) is 0. The normalized spacial score (nSPS) is 9.46. The second-order valence-corrected chi connectivity index (χ2v) is 3.49. The van der Waals surface area contributed by atoms with Crippen LogP contribution in [0.4, 0.5) is 0 Å². The number of aryl methyl sites for hydroxylation is 1. The van der Waals surface area contributed by atoms with E-state index in [0.29, 0.717) is 0 Å². The van der Waals surface area contributed by atoms with Crippen LogP contribution in [0.15, 0.2) is 42.5 Å². The van der Waals surface area contributed by atoms with E-state index < -0.39 is 0 Å². The van der Waals surface area contributed by atoms with Crippen molar-refractivity contribution < 1.29 is 0 Å². The maximum atomic E-state index is 3.83. The Bertz CT molecular complexity index is 339. The van der Waals surface area contributed by atoms with Crippen molar-refractivity contribution in [1.82, 2.24) is 0 Å². The molecule has 0 unspecified atom stereocenters. The fourth-order valence-corrected chi connectivity index (χ4v) is 1.42. The molecular weight excluding hydrogens is 156 g/mol. The number of hydrogen-bond acceptors (Lipinski definition) is 0. The van der Waals surface area contributed by atoms with Crippen LogP contribution >= 0.6 is 0 Å². The average molecular weight is 172 g/mol. The smallest absolute Gasteiger partial charge is 0.0182 e. The van der Waals surface area contributed by atoms with Crippen molar-refractivity contribution in [2.75, 3.05) is 0 Å². The minimum Gasteiger partial charge on any atom is -0.0985 e. The van der Waals surface area contributed by atoms with E-state index in [1.165, 1.54) is 22.3 Å². The first-order chi connectivity index (χ1) is 6.15. The molecule has 0 saturated heterocycles. The fourth-order valence-electron chi connectivity index (χ4n) is 1.42. The van der Waals surface area contributed by atoms with Crippen LogP contribution in [0.25, 0.3) is 5.57 Å². The van der Waals surface area contributed by atoms with E-state index >= 15 is 0 Å². The SMILES string of the molecule is C=CC(=C(C)C)c1cccc(C)c1. The Morgan fingerprint density at radius 2 is 2.00 bits per heavy atom. The van der Waals surface area contributed by atoms with E-state index in [1.807, 2.05) is 6.08 Å². The van der Waals surface area contributed by atoms with Gasteiger partial charge in [-0.05, 0) is 31.9 Å². The van der Waals surface area contributed by atoms with Gasteiger partial charge in [0.25, 0.3) is 0 Å². The van der Waals surface area contributed by atoms with Crippen molar-refractivity contribution in [2.45, 2.75) is 20.8 Å². The Morgan fingerprint density at radius 1 is 1.31 bits per heavy atom. The Kier molecular flexibility index (Phi) is 3.07. The zero-order valence-corrected chi connectivity index (χ0v) is 8.59. The highest BCUT2D eigenvalue weighted by molar-refractivity contribution is 5.75. The van der Waals surface area contributed by atoms with Crippen LogP contribution in [0.3, 0.4) is 0 Å². The third kappa shape index (κ3) is 2.32. The molecule has 0 heteroatoms. The highest BCUT2D eigenvalue weighted by Gasteiger charge is 1.98. The van der Waals surface area contributed by atoms with Gasteiger partial charge < -0.3 is 0 Å². The Balaban J connectivity index is 3.21. The predicted octanol–water partition coefficient (Wildman–Crippen LogP) is 3.97. The van der Waals surface area contributed by atoms with E-state index in [2.05, 4.69) is 51.6 Å². The summed E-state index contributed by atoms with van der Waals surface area (Å²) in [5, 5.41) is 0. The molecular formula is C13H16. The van der Waals surface area contributed by atoms with Crippen LogP contribution in [-0.2, 0) is 0 Å². The minimum atomic E-state index is 1.24. The van der Waals surface area contributed by atoms with Crippen molar-refractivity contribution >= 4 is 5.57 Å². The molecule has 0 fully saturated rings. The first kappa shape index (κ1) is 9.79. The third-order valence-corrected chi connectivity index (χ3v) is 2.07. The second-order valence-electron chi connectivity index (χ2n) is 3.49. The van der Waals surface area contributed by atoms with Crippen LogP contribution in [0.1, 0.15) is 25.0 Å². The Morgan fingerprint density at radius 3 is 2.46 bits per heavy atom. The number of benzene rings is 1. The zero-order chi connectivity index (χ0) is 9.84. The molecule has 0 bridgehead atoms. The van der Waals surface area contributed by atoms with Gasteiger partial charge in [0.15, 0.2) is 0 Å². The van der Waals surface area contributed by atoms with E-state index in [4.69, 9.17) is 0 Å². The lowest BCUT2D eigenvalue weighted by Crippen LogP contribution is -1.84. The molecule has 0 aliphatic heterocycles. The number of hydrogen-bond donors (Lipinski definition) is 0. The summed E-state index contributed by atoms with van der Waals surface area (Å²) in [6.07, 6.45) is 1.92. The van der Waals surface area contributed by atoms with Gasteiger partial charge in [-0.3, -0.25) is 0 Å². The molecule has 0 saturated carbocycles. The summed E-state index contributed by atoms with van der Waals surface area (Å²) in [5.74, 6) is 0. The summed E-state index contributed by atoms with van der Waals surface area (Å²) in [5.41, 5.74) is 5.09. The fraction of sp³-hybridized carbons (Fsp3) is 0.231. The van der Waals surface area contributed by atoms with Crippen molar-refractivity contribution in [3.8, 4) is 0 Å². The standard InChI is InChI=1S/C13H16/c1-5-13(10(2)3)12-8-6-7-11(4)9-12/h5-9H,1H2,2-4H3. The lowest BCUT2D eigenvalue weighted by atomic mass is 10.0. The summed E-state index contributed by atoms with van der Waals surface area (Å²) in [4.78, 5) is 0. The number of rotatable bonds is 2. The lowest BCUT2D eigenvalue weighted by Gasteiger charge is -2.05. The lowest BCUT2D eigenvalue weighted by molar-refractivity contribution is 1.38. The van der Waals surface area contributed by atoms with Gasteiger partial charge in [0.1, 0.15) is 0 Å². The molecule has 0 amide bonds. The molecule has 0 aromatic heterocycles. The molecule has 1 aromatic carbocycles. The Hall–Kier alpha value is -1.30. The van der Waals surface area contributed by atoms with Crippen molar-refractivity contribution in [1.29, 1.82) is 0 Å². The van der Waals surface area contributed by atoms with E-state index in [0.717, 1.165) is 0 Å². The molecule has 1 aromatic rings. The van der Waals surface area contributed by atoms with Gasteiger partial charge in [0.2, 0.25) is 0 Å². The summed E-state index contributed by atoms with van der Waals surface area (Å²) in [6, 6.07) is 8.49. The van der Waals surface area contributed by atoms with Gasteiger partial charge in [0.05, 0.1) is 0 Å². The molecule has 0 aliphatic rings. The quantitative estimate of drug-likeness (QED) is 0.592. The number of allylic oxidation sites excluding steroid dienone is 3. The van der Waals surface area contributed by atoms with Crippen LogP contribution in [0, 0.1) is 6.92 Å². The van der Waals surface area contributed by atoms with Crippen LogP contribution < -0.4 is 0 Å². The summed E-state index contributed by atoms with van der Waals surface area (Å²) >= 11 is 0. The maximum Gasteiger partial charge on any atom is -0.0182 e. The highest BCUT2D eigenvalue weighted by Crippen LogP contribution is 2.20. The second kappa shape index (κ2) is 4.08. The molecule has 0 spiro atoms. The van der Waals surface area contributed by atoms with Gasteiger partial charge in [-0.15, -0.1) is 0 Å². The third-order valence-electron chi connectivity index (χ3n) is 2.07. The Labute approximate surface area is 80.6 Å². The zero-order valence-electron chi connectivity index (χ0n) is 8.59. The molecule has 0 atom stereocenters. The van der Waals surface area contributed by atoms with Crippen molar-refractivity contribution in [3.63, 3.8) is 0 Å². The van der Waals surface area contributed by atoms with Gasteiger partial charge >= 0.3 is 0 Å². The molecule has 0 aliphatic carbocycles. The first-order valence-electron chi connectivity index (χ1n) is 4.52. The van der Waals surface area contributed by atoms with Crippen LogP contribution in [0.5, 0.6) is 0 Å². The highest BCUT2D eigenvalue weighted by atomic mass is 14.0. The largest absolute Gasteiger partial charge is 0.0985 e. The monoisotopic (exact) mass is 172 g/mol. The predicted molar refractivity (Wildman–Crippen MR) is 59.6 cm³/mol. The molecule has 0 radical (unpaired) electrons. The molecule has 68 valence electrons. The molecule has 0 heterocycles. The van der Waals surface area contributed by atoms with Gasteiger partial charge in [-0.2, -0.15) is 0 Å². The van der Waals surface area contributed by atoms with Gasteiger partial charge in [-0.25, -0.2) is 0 Å². The molecule has 0 nitrogen and oxygen atoms in total. The van der Waals surface area contributed by atoms with Gasteiger partial charge in [0, 0.05) is 0 Å². The van der Waals surface area contributed by atoms with E-state index in [1.54, 1.807) is 0 Å². The van der Waals surface area contributed by atoms with Crippen molar-refractivity contribution in [2.24, 2.45) is 0 Å². The maximum absolute atomic E-state index is 3.83. The van der Waals surface area contributed by atoms with E-state index in [9.17, 15) is 0 Å².